The number of ether oxygens (including phenoxy) is 3. The summed E-state index contributed by atoms with van der Waals surface area (Å²) < 4.78 is 42.0. The van der Waals surface area contributed by atoms with E-state index in [1.54, 1.807) is 0 Å². The van der Waals surface area contributed by atoms with Crippen molar-refractivity contribution in [1.82, 2.24) is 5.32 Å². The van der Waals surface area contributed by atoms with Crippen LogP contribution in [0.1, 0.15) is 48.4 Å². The molecule has 0 aromatic carbocycles. The van der Waals surface area contributed by atoms with E-state index < -0.39 is 76.3 Å². The number of hydrogen-bond donors (Lipinski definition) is 1. The van der Waals surface area contributed by atoms with E-state index in [9.17, 15) is 33.6 Å². The number of carbonyl (C=O) groups excluding carboxylic acids is 4. The zero-order chi connectivity index (χ0) is 31.9. The van der Waals surface area contributed by atoms with Gasteiger partial charge in [0.2, 0.25) is 5.91 Å². The smallest absolute Gasteiger partial charge is 0.456 e. The van der Waals surface area contributed by atoms with E-state index in [1.165, 1.54) is 34.6 Å². The molecule has 3 rings (SSSR count). The number of aryl methyl sites for hydroxylation is 3. The third-order valence-corrected chi connectivity index (χ3v) is 7.17. The van der Waals surface area contributed by atoms with E-state index in [2.05, 4.69) is 14.2 Å². The lowest BCUT2D eigenvalue weighted by Crippen LogP contribution is -2.50. The first kappa shape index (κ1) is 33.1. The highest BCUT2D eigenvalue weighted by Gasteiger charge is 2.36. The molecule has 1 amide bonds. The molecule has 3 aromatic heterocycles. The van der Waals surface area contributed by atoms with Gasteiger partial charge in [0.25, 0.3) is 0 Å². The zero-order valence-corrected chi connectivity index (χ0v) is 24.9. The van der Waals surface area contributed by atoms with Gasteiger partial charge in [-0.25, -0.2) is 28.8 Å². The van der Waals surface area contributed by atoms with Crippen molar-refractivity contribution < 1.29 is 59.9 Å². The fourth-order valence-electron chi connectivity index (χ4n) is 2.98. The highest BCUT2D eigenvalue weighted by Crippen LogP contribution is 2.28. The Bertz CT molecular complexity index is 1650. The Morgan fingerprint density at radius 2 is 1.12 bits per heavy atom. The van der Waals surface area contributed by atoms with Gasteiger partial charge in [0.1, 0.15) is 6.04 Å². The first-order chi connectivity index (χ1) is 20.1. The van der Waals surface area contributed by atoms with Crippen LogP contribution < -0.4 is 22.8 Å². The largest absolute Gasteiger partial charge is 0.519 e. The van der Waals surface area contributed by atoms with Gasteiger partial charge < -0.3 is 46.0 Å². The molecule has 43 heavy (non-hydrogen) atoms. The molecule has 1 N–H and O–H groups in total. The van der Waals surface area contributed by atoms with Gasteiger partial charge in [-0.15, -0.1) is 0 Å². The van der Waals surface area contributed by atoms with Crippen molar-refractivity contribution in [3.05, 3.63) is 66.4 Å². The van der Waals surface area contributed by atoms with Crippen LogP contribution in [0.4, 0.5) is 9.59 Å². The highest BCUT2D eigenvalue weighted by atomic mass is 32.2. The quantitative estimate of drug-likeness (QED) is 0.219. The van der Waals surface area contributed by atoms with Crippen molar-refractivity contribution in [2.75, 3.05) is 5.75 Å². The summed E-state index contributed by atoms with van der Waals surface area (Å²) in [6, 6.07) is -1.46. The number of esters is 1. The van der Waals surface area contributed by atoms with Crippen molar-refractivity contribution in [2.45, 2.75) is 65.2 Å². The van der Waals surface area contributed by atoms with Gasteiger partial charge in [0.05, 0.1) is 4.75 Å². The van der Waals surface area contributed by atoms with Gasteiger partial charge in [-0.2, -0.15) is 0 Å². The SMILES string of the molecule is Cc1oc(=O)oc1COC(=O)SC[C@H](NC(=O)C(C)(C)SC(=O)OCc1oc(=O)oc1C)C(=O)OCc1oc(=O)oc1C. The molecule has 0 aliphatic carbocycles. The molecule has 3 aromatic rings. The summed E-state index contributed by atoms with van der Waals surface area (Å²) in [5, 5.41) is 0.602. The highest BCUT2D eigenvalue weighted by molar-refractivity contribution is 8.15. The Labute approximate surface area is 248 Å². The molecular formula is C24H25NO16S2. The standard InChI is InChI=1S/C24H25NO16S2/c1-10-14(39-19(28)36-10)6-33-17(26)13(9-42-22(31)34-7-15-11(2)37-20(29)40-15)25-18(27)24(4,5)43-23(32)35-8-16-12(3)38-21(30)41-16/h13H,6-9H2,1-5H3,(H,25,27)/t13-/m0/s1. The average molecular weight is 648 g/mol. The second-order valence-electron chi connectivity index (χ2n) is 8.93. The van der Waals surface area contributed by atoms with Crippen LogP contribution >= 0.6 is 23.5 Å². The van der Waals surface area contributed by atoms with Crippen LogP contribution in [0.15, 0.2) is 40.9 Å². The molecule has 0 aliphatic rings. The fourth-order valence-corrected chi connectivity index (χ4v) is 4.33. The summed E-state index contributed by atoms with van der Waals surface area (Å²) in [5.41, 5.74) is 0. The normalized spacial score (nSPS) is 12.0. The summed E-state index contributed by atoms with van der Waals surface area (Å²) in [4.78, 5) is 84.2. The molecule has 0 fully saturated rings. The van der Waals surface area contributed by atoms with Crippen molar-refractivity contribution in [1.29, 1.82) is 0 Å². The van der Waals surface area contributed by atoms with Crippen LogP contribution in [0.2, 0.25) is 0 Å². The van der Waals surface area contributed by atoms with Gasteiger partial charge in [0, 0.05) is 5.75 Å². The molecule has 0 saturated carbocycles. The Morgan fingerprint density at radius 3 is 1.53 bits per heavy atom. The molecule has 1 atom stereocenters. The second-order valence-corrected chi connectivity index (χ2v) is 11.4. The van der Waals surface area contributed by atoms with Crippen molar-refractivity contribution in [2.24, 2.45) is 0 Å². The summed E-state index contributed by atoms with van der Waals surface area (Å²) in [7, 11) is 0. The Morgan fingerprint density at radius 1 is 0.698 bits per heavy atom. The number of amides is 1. The third-order valence-electron chi connectivity index (χ3n) is 5.34. The predicted octanol–water partition coefficient (Wildman–Crippen LogP) is 2.70. The number of hydrogen-bond acceptors (Lipinski definition) is 18. The van der Waals surface area contributed by atoms with Crippen LogP contribution in [-0.2, 0) is 43.6 Å². The average Bonchev–Trinajstić information content (AvgIpc) is 3.54. The molecule has 234 valence electrons. The predicted molar refractivity (Wildman–Crippen MR) is 142 cm³/mol. The van der Waals surface area contributed by atoms with E-state index in [-0.39, 0.29) is 34.6 Å². The minimum atomic E-state index is -1.52. The molecule has 19 heteroatoms. The van der Waals surface area contributed by atoms with E-state index in [4.69, 9.17) is 31.9 Å². The minimum absolute atomic E-state index is 0.0123. The zero-order valence-electron chi connectivity index (χ0n) is 23.3. The van der Waals surface area contributed by atoms with E-state index >= 15 is 0 Å². The number of thioether (sulfide) groups is 2. The van der Waals surface area contributed by atoms with Crippen molar-refractivity contribution in [3.63, 3.8) is 0 Å². The van der Waals surface area contributed by atoms with Crippen molar-refractivity contribution in [3.8, 4) is 0 Å². The molecule has 3 heterocycles. The summed E-state index contributed by atoms with van der Waals surface area (Å²) >= 11 is 0.950. The molecular weight excluding hydrogens is 622 g/mol. The van der Waals surface area contributed by atoms with E-state index in [1.807, 2.05) is 0 Å². The summed E-state index contributed by atoms with van der Waals surface area (Å²) in [6.45, 7) is 5.62. The first-order valence-corrected chi connectivity index (χ1v) is 13.9. The van der Waals surface area contributed by atoms with Crippen LogP contribution in [0.25, 0.3) is 0 Å². The first-order valence-electron chi connectivity index (χ1n) is 12.1. The van der Waals surface area contributed by atoms with Crippen molar-refractivity contribution >= 4 is 46.0 Å². The Balaban J connectivity index is 1.62. The molecule has 0 aliphatic heterocycles. The second kappa shape index (κ2) is 14.2. The number of carbonyl (C=O) groups is 4. The summed E-state index contributed by atoms with van der Waals surface area (Å²) in [6.07, 6.45) is 0. The van der Waals surface area contributed by atoms with Gasteiger partial charge in [-0.3, -0.25) is 4.79 Å². The van der Waals surface area contributed by atoms with Crippen LogP contribution in [0.5, 0.6) is 0 Å². The maximum atomic E-state index is 13.1. The summed E-state index contributed by atoms with van der Waals surface area (Å²) in [5.74, 6) is -5.00. The fraction of sp³-hybridized carbons (Fsp3) is 0.458. The Hall–Kier alpha value is -4.39. The van der Waals surface area contributed by atoms with Gasteiger partial charge >= 0.3 is 34.0 Å². The monoisotopic (exact) mass is 647 g/mol. The van der Waals surface area contributed by atoms with E-state index in [0.717, 1.165) is 0 Å². The maximum absolute atomic E-state index is 13.1. The van der Waals surface area contributed by atoms with Crippen LogP contribution in [0.3, 0.4) is 0 Å². The van der Waals surface area contributed by atoms with Gasteiger partial charge in [-0.1, -0.05) is 0 Å². The topological polar surface area (TPSA) is 238 Å². The third kappa shape index (κ3) is 9.57. The lowest BCUT2D eigenvalue weighted by Gasteiger charge is -2.25. The van der Waals surface area contributed by atoms with E-state index in [0.29, 0.717) is 23.5 Å². The molecule has 0 radical (unpaired) electrons. The Kier molecular flexibility index (Phi) is 10.9. The molecule has 0 unspecified atom stereocenters. The minimum Gasteiger partial charge on any atom is -0.456 e. The molecule has 0 bridgehead atoms. The van der Waals surface area contributed by atoms with Crippen LogP contribution in [-0.4, -0.2) is 39.0 Å². The maximum Gasteiger partial charge on any atom is 0.519 e. The number of rotatable bonds is 12. The van der Waals surface area contributed by atoms with Crippen LogP contribution in [0, 0.1) is 20.8 Å². The van der Waals surface area contributed by atoms with Gasteiger partial charge in [-0.05, 0) is 58.1 Å². The lowest BCUT2D eigenvalue weighted by molar-refractivity contribution is -0.149. The lowest BCUT2D eigenvalue weighted by atomic mass is 10.2. The molecule has 0 saturated heterocycles. The molecule has 17 nitrogen and oxygen atoms in total. The number of nitrogens with one attached hydrogen (secondary N) is 1. The molecule has 0 spiro atoms. The van der Waals surface area contributed by atoms with Gasteiger partial charge in [0.15, 0.2) is 54.4 Å².